The van der Waals surface area contributed by atoms with Gasteiger partial charge in [-0.2, -0.15) is 0 Å². The molecule has 1 unspecified atom stereocenters. The smallest absolute Gasteiger partial charge is 0.419 e. The second-order valence-electron chi connectivity index (χ2n) is 7.67. The van der Waals surface area contributed by atoms with Gasteiger partial charge < -0.3 is 20.3 Å². The van der Waals surface area contributed by atoms with Crippen molar-refractivity contribution in [3.05, 3.63) is 41.6 Å². The van der Waals surface area contributed by atoms with E-state index in [9.17, 15) is 9.90 Å². The molecule has 1 fully saturated rings. The van der Waals surface area contributed by atoms with Crippen molar-refractivity contribution in [1.82, 2.24) is 9.88 Å². The first kappa shape index (κ1) is 21.7. The predicted octanol–water partition coefficient (Wildman–Crippen LogP) is 3.25. The first-order chi connectivity index (χ1) is 13.1. The average molecular weight is 388 g/mol. The number of aromatic nitrogens is 1. The minimum atomic E-state index is -0.833. The Kier molecular flexibility index (Phi) is 6.99. The number of carbonyl (C=O) groups excluding carboxylic acids is 1. The highest BCUT2D eigenvalue weighted by molar-refractivity contribution is 5.95. The fourth-order valence-electron chi connectivity index (χ4n) is 2.90. The molecule has 7 nitrogen and oxygen atoms in total. The van der Waals surface area contributed by atoms with Gasteiger partial charge in [0.2, 0.25) is 0 Å². The number of piperidine rings is 1. The summed E-state index contributed by atoms with van der Waals surface area (Å²) in [5, 5.41) is 21.8. The number of ether oxygens (including phenoxy) is 1. The van der Waals surface area contributed by atoms with Crippen LogP contribution in [0.25, 0.3) is 17.0 Å². The van der Waals surface area contributed by atoms with E-state index in [0.29, 0.717) is 13.0 Å². The number of hydrogen-bond acceptors (Lipinski definition) is 5. The summed E-state index contributed by atoms with van der Waals surface area (Å²) in [6.07, 6.45) is 3.63. The second-order valence-corrected chi connectivity index (χ2v) is 7.67. The highest BCUT2D eigenvalue weighted by Gasteiger charge is 2.21. The molecule has 3 N–H and O–H groups in total. The van der Waals surface area contributed by atoms with Gasteiger partial charge in [-0.15, -0.1) is 0 Å². The van der Waals surface area contributed by atoms with E-state index in [1.165, 1.54) is 4.57 Å². The number of carboxylic acid groups (broad SMARTS) is 1. The number of rotatable bonds is 1. The summed E-state index contributed by atoms with van der Waals surface area (Å²) in [6, 6.07) is 7.72. The Balaban J connectivity index is 0.000000640. The highest BCUT2D eigenvalue weighted by atomic mass is 16.6. The maximum Gasteiger partial charge on any atom is 0.419 e. The normalized spacial score (nSPS) is 18.5. The first-order valence-corrected chi connectivity index (χ1v) is 9.20. The summed E-state index contributed by atoms with van der Waals surface area (Å²) in [4.78, 5) is 21.5. The molecule has 7 heteroatoms. The predicted molar refractivity (Wildman–Crippen MR) is 108 cm³/mol. The largest absolute Gasteiger partial charge is 0.481 e. The summed E-state index contributed by atoms with van der Waals surface area (Å²) in [5.74, 6) is -0.833. The molecule has 1 atom stereocenters. The second kappa shape index (κ2) is 9.03. The third kappa shape index (κ3) is 5.94. The van der Waals surface area contributed by atoms with Crippen molar-refractivity contribution in [2.24, 2.45) is 0 Å². The van der Waals surface area contributed by atoms with Crippen molar-refractivity contribution >= 4 is 29.0 Å². The molecule has 0 bridgehead atoms. The van der Waals surface area contributed by atoms with E-state index in [1.54, 1.807) is 6.20 Å². The van der Waals surface area contributed by atoms with Gasteiger partial charge in [0.1, 0.15) is 5.60 Å². The van der Waals surface area contributed by atoms with Crippen LogP contribution in [0.2, 0.25) is 0 Å². The van der Waals surface area contributed by atoms with Crippen molar-refractivity contribution < 1.29 is 24.5 Å². The van der Waals surface area contributed by atoms with Gasteiger partial charge in [-0.3, -0.25) is 9.36 Å². The van der Waals surface area contributed by atoms with Crippen molar-refractivity contribution in [3.63, 3.8) is 0 Å². The lowest BCUT2D eigenvalue weighted by molar-refractivity contribution is -0.134. The van der Waals surface area contributed by atoms with Gasteiger partial charge in [-0.05, 0) is 51.5 Å². The van der Waals surface area contributed by atoms with E-state index in [4.69, 9.17) is 14.6 Å². The molecule has 2 heterocycles. The number of carboxylic acids is 1. The number of aliphatic hydroxyl groups is 1. The maximum absolute atomic E-state index is 12.5. The lowest BCUT2D eigenvalue weighted by Crippen LogP contribution is -2.33. The van der Waals surface area contributed by atoms with E-state index in [2.05, 4.69) is 5.32 Å². The number of para-hydroxylation sites is 1. The van der Waals surface area contributed by atoms with Crippen LogP contribution in [0.5, 0.6) is 0 Å². The summed E-state index contributed by atoms with van der Waals surface area (Å²) >= 11 is 0. The Hall–Kier alpha value is -2.64. The van der Waals surface area contributed by atoms with Gasteiger partial charge in [0.25, 0.3) is 5.97 Å². The number of benzene rings is 1. The molecule has 28 heavy (non-hydrogen) atoms. The Morgan fingerprint density at radius 2 is 1.93 bits per heavy atom. The number of hydrogen-bond donors (Lipinski definition) is 3. The number of aliphatic carboxylic acids is 1. The van der Waals surface area contributed by atoms with Gasteiger partial charge in [-0.25, -0.2) is 4.79 Å². The van der Waals surface area contributed by atoms with E-state index in [1.807, 2.05) is 51.1 Å². The summed E-state index contributed by atoms with van der Waals surface area (Å²) in [6.45, 7) is 8.11. The number of carbonyl (C=O) groups is 2. The van der Waals surface area contributed by atoms with E-state index < -0.39 is 23.8 Å². The minimum absolute atomic E-state index is 0.398. The average Bonchev–Trinajstić information content (AvgIpc) is 2.94. The van der Waals surface area contributed by atoms with Crippen molar-refractivity contribution in [1.29, 1.82) is 0 Å². The molecule has 0 amide bonds. The fraction of sp³-hybridized carbons (Fsp3) is 0.429. The van der Waals surface area contributed by atoms with Crippen LogP contribution in [0.3, 0.4) is 0 Å². The molecule has 1 saturated heterocycles. The third-order valence-corrected chi connectivity index (χ3v) is 4.03. The van der Waals surface area contributed by atoms with Crippen LogP contribution in [-0.2, 0) is 9.53 Å². The van der Waals surface area contributed by atoms with Crippen molar-refractivity contribution in [3.8, 4) is 0 Å². The van der Waals surface area contributed by atoms with E-state index in [-0.39, 0.29) is 0 Å². The Labute approximate surface area is 164 Å². The molecule has 1 aromatic carbocycles. The van der Waals surface area contributed by atoms with Crippen LogP contribution in [0.15, 0.2) is 36.0 Å². The van der Waals surface area contributed by atoms with E-state index >= 15 is 0 Å². The van der Waals surface area contributed by atoms with Gasteiger partial charge in [0.05, 0.1) is 11.6 Å². The zero-order chi connectivity index (χ0) is 20.9. The van der Waals surface area contributed by atoms with Crippen LogP contribution in [0.4, 0.5) is 4.79 Å². The topological polar surface area (TPSA) is 101 Å². The van der Waals surface area contributed by atoms with Crippen LogP contribution >= 0.6 is 0 Å². The van der Waals surface area contributed by atoms with Crippen LogP contribution < -0.4 is 5.32 Å². The standard InChI is InChI=1S/C19H24N2O3.C2H4O2/c1-19(2,3)24-18(23)21-12-14(15-6-4-5-7-16(15)21)10-13-11-20-9-8-17(13)22;1-2(3)4/h4-7,10,12,17,20,22H,8-9,11H2,1-3H3;1H3,(H,3,4)/b13-10+;. The number of nitrogens with zero attached hydrogens (tertiary/aromatic N) is 1. The summed E-state index contributed by atoms with van der Waals surface area (Å²) in [5.41, 5.74) is 2.10. The number of fused-ring (bicyclic) bond motifs is 1. The maximum atomic E-state index is 12.5. The summed E-state index contributed by atoms with van der Waals surface area (Å²) < 4.78 is 7.04. The Bertz CT molecular complexity index is 873. The SMILES string of the molecule is CC(=O)O.CC(C)(C)OC(=O)n1cc(/C=C2\CNCCC2O)c2ccccc21. The molecule has 1 aliphatic rings. The van der Waals surface area contributed by atoms with E-state index in [0.717, 1.165) is 35.5 Å². The first-order valence-electron chi connectivity index (χ1n) is 9.20. The van der Waals surface area contributed by atoms with Gasteiger partial charge >= 0.3 is 6.09 Å². The van der Waals surface area contributed by atoms with Crippen LogP contribution in [-0.4, -0.2) is 51.6 Å². The van der Waals surface area contributed by atoms with Crippen LogP contribution in [0, 0.1) is 0 Å². The van der Waals surface area contributed by atoms with Gasteiger partial charge in [0, 0.05) is 30.6 Å². The fourth-order valence-corrected chi connectivity index (χ4v) is 2.90. The Morgan fingerprint density at radius 1 is 1.29 bits per heavy atom. The van der Waals surface area contributed by atoms with Crippen molar-refractivity contribution in [2.45, 2.75) is 45.8 Å². The molecule has 152 valence electrons. The minimum Gasteiger partial charge on any atom is -0.481 e. The molecular weight excluding hydrogens is 360 g/mol. The molecule has 0 radical (unpaired) electrons. The molecule has 1 aliphatic heterocycles. The number of nitrogens with one attached hydrogen (secondary N) is 1. The lowest BCUT2D eigenvalue weighted by atomic mass is 10.00. The zero-order valence-corrected chi connectivity index (χ0v) is 16.7. The van der Waals surface area contributed by atoms with Gasteiger partial charge in [0.15, 0.2) is 0 Å². The molecule has 0 aliphatic carbocycles. The van der Waals surface area contributed by atoms with Gasteiger partial charge in [-0.1, -0.05) is 18.2 Å². The number of aliphatic hydroxyl groups excluding tert-OH is 1. The molecule has 0 spiro atoms. The van der Waals surface area contributed by atoms with Crippen LogP contribution in [0.1, 0.15) is 39.7 Å². The monoisotopic (exact) mass is 388 g/mol. The molecular formula is C21H28N2O5. The van der Waals surface area contributed by atoms with Crippen molar-refractivity contribution in [2.75, 3.05) is 13.1 Å². The quantitative estimate of drug-likeness (QED) is 0.693. The molecule has 2 aromatic rings. The third-order valence-electron chi connectivity index (χ3n) is 4.03. The molecule has 0 saturated carbocycles. The zero-order valence-electron chi connectivity index (χ0n) is 16.7. The summed E-state index contributed by atoms with van der Waals surface area (Å²) in [7, 11) is 0. The molecule has 1 aromatic heterocycles. The molecule has 3 rings (SSSR count). The Morgan fingerprint density at radius 3 is 2.54 bits per heavy atom. The lowest BCUT2D eigenvalue weighted by Gasteiger charge is -2.21. The highest BCUT2D eigenvalue weighted by Crippen LogP contribution is 2.26.